The summed E-state index contributed by atoms with van der Waals surface area (Å²) >= 11 is 0. The molecule has 20 heavy (non-hydrogen) atoms. The zero-order chi connectivity index (χ0) is 14.4. The van der Waals surface area contributed by atoms with Crippen molar-refractivity contribution in [2.45, 2.75) is 84.2 Å². The maximum atomic E-state index is 3.77. The molecule has 2 fully saturated rings. The predicted octanol–water partition coefficient (Wildman–Crippen LogP) is 4.06. The molecule has 0 spiro atoms. The summed E-state index contributed by atoms with van der Waals surface area (Å²) in [7, 11) is 0. The first-order chi connectivity index (χ1) is 9.78. The van der Waals surface area contributed by atoms with Gasteiger partial charge in [0.05, 0.1) is 0 Å². The van der Waals surface area contributed by atoms with Crippen molar-refractivity contribution < 1.29 is 0 Å². The van der Waals surface area contributed by atoms with Gasteiger partial charge in [-0.15, -0.1) is 0 Å². The SMILES string of the molecule is CCCCN(CC1CC(CC)CCC1NCC)C1CC1. The molecular formula is C18H36N2. The molecule has 0 aliphatic heterocycles. The highest BCUT2D eigenvalue weighted by Gasteiger charge is 2.35. The van der Waals surface area contributed by atoms with Gasteiger partial charge in [0, 0.05) is 18.6 Å². The highest BCUT2D eigenvalue weighted by molar-refractivity contribution is 4.91. The van der Waals surface area contributed by atoms with E-state index in [1.54, 1.807) is 0 Å². The van der Waals surface area contributed by atoms with Crippen LogP contribution < -0.4 is 5.32 Å². The molecule has 0 saturated heterocycles. The molecule has 2 aliphatic rings. The third-order valence-corrected chi connectivity index (χ3v) is 5.47. The van der Waals surface area contributed by atoms with Gasteiger partial charge >= 0.3 is 0 Å². The quantitative estimate of drug-likeness (QED) is 0.685. The standard InChI is InChI=1S/C18H36N2/c1-4-7-12-20(17-9-10-17)14-16-13-15(5-2)8-11-18(16)19-6-3/h15-19H,4-14H2,1-3H3. The van der Waals surface area contributed by atoms with Crippen LogP contribution in [0.2, 0.25) is 0 Å². The van der Waals surface area contributed by atoms with Crippen LogP contribution in [-0.4, -0.2) is 36.6 Å². The lowest BCUT2D eigenvalue weighted by molar-refractivity contribution is 0.132. The van der Waals surface area contributed by atoms with Gasteiger partial charge in [-0.1, -0.05) is 33.6 Å². The van der Waals surface area contributed by atoms with Crippen molar-refractivity contribution >= 4 is 0 Å². The predicted molar refractivity (Wildman–Crippen MR) is 88.1 cm³/mol. The van der Waals surface area contributed by atoms with Gasteiger partial charge in [-0.2, -0.15) is 0 Å². The minimum atomic E-state index is 0.783. The van der Waals surface area contributed by atoms with Crippen LogP contribution >= 0.6 is 0 Å². The summed E-state index contributed by atoms with van der Waals surface area (Å²) in [6.45, 7) is 10.8. The molecule has 0 aromatic rings. The number of unbranched alkanes of at least 4 members (excludes halogenated alkanes) is 1. The van der Waals surface area contributed by atoms with Crippen molar-refractivity contribution in [3.8, 4) is 0 Å². The molecule has 2 heteroatoms. The largest absolute Gasteiger partial charge is 0.314 e. The smallest absolute Gasteiger partial charge is 0.0108 e. The summed E-state index contributed by atoms with van der Waals surface area (Å²) in [5.74, 6) is 1.88. The summed E-state index contributed by atoms with van der Waals surface area (Å²) in [5, 5.41) is 3.77. The first kappa shape index (κ1) is 16.3. The van der Waals surface area contributed by atoms with Gasteiger partial charge in [0.2, 0.25) is 0 Å². The van der Waals surface area contributed by atoms with E-state index in [9.17, 15) is 0 Å². The van der Waals surface area contributed by atoms with E-state index in [0.717, 1.165) is 30.5 Å². The normalized spacial score (nSPS) is 30.9. The van der Waals surface area contributed by atoms with E-state index in [4.69, 9.17) is 0 Å². The van der Waals surface area contributed by atoms with Crippen molar-refractivity contribution in [1.29, 1.82) is 0 Å². The Morgan fingerprint density at radius 3 is 2.45 bits per heavy atom. The summed E-state index contributed by atoms with van der Waals surface area (Å²) < 4.78 is 0. The van der Waals surface area contributed by atoms with E-state index in [2.05, 4.69) is 31.0 Å². The number of hydrogen-bond acceptors (Lipinski definition) is 2. The van der Waals surface area contributed by atoms with Crippen LogP contribution in [0.3, 0.4) is 0 Å². The average Bonchev–Trinajstić information content (AvgIpc) is 3.29. The molecule has 0 aromatic carbocycles. The van der Waals surface area contributed by atoms with Gasteiger partial charge in [0.1, 0.15) is 0 Å². The molecule has 2 nitrogen and oxygen atoms in total. The Kier molecular flexibility index (Phi) is 6.83. The second-order valence-corrected chi connectivity index (χ2v) is 7.09. The Balaban J connectivity index is 1.89. The van der Waals surface area contributed by atoms with E-state index >= 15 is 0 Å². The maximum Gasteiger partial charge on any atom is 0.0108 e. The Morgan fingerprint density at radius 1 is 1.05 bits per heavy atom. The van der Waals surface area contributed by atoms with Crippen molar-refractivity contribution in [2.24, 2.45) is 11.8 Å². The first-order valence-corrected chi connectivity index (χ1v) is 9.25. The average molecular weight is 280 g/mol. The highest BCUT2D eigenvalue weighted by atomic mass is 15.2. The monoisotopic (exact) mass is 280 g/mol. The molecule has 0 radical (unpaired) electrons. The lowest BCUT2D eigenvalue weighted by Gasteiger charge is -2.39. The zero-order valence-electron chi connectivity index (χ0n) is 14.0. The molecule has 3 atom stereocenters. The second-order valence-electron chi connectivity index (χ2n) is 7.09. The topological polar surface area (TPSA) is 15.3 Å². The number of nitrogens with one attached hydrogen (secondary N) is 1. The van der Waals surface area contributed by atoms with Crippen molar-refractivity contribution in [1.82, 2.24) is 10.2 Å². The number of hydrogen-bond donors (Lipinski definition) is 1. The minimum absolute atomic E-state index is 0.783. The molecule has 3 unspecified atom stereocenters. The first-order valence-electron chi connectivity index (χ1n) is 9.25. The Bertz CT molecular complexity index is 262. The van der Waals surface area contributed by atoms with Crippen molar-refractivity contribution in [3.05, 3.63) is 0 Å². The van der Waals surface area contributed by atoms with Crippen LogP contribution in [0, 0.1) is 11.8 Å². The van der Waals surface area contributed by atoms with Gasteiger partial charge in [0.25, 0.3) is 0 Å². The van der Waals surface area contributed by atoms with Crippen LogP contribution in [0.1, 0.15) is 72.1 Å². The van der Waals surface area contributed by atoms with Crippen LogP contribution in [0.15, 0.2) is 0 Å². The van der Waals surface area contributed by atoms with Crippen LogP contribution in [0.5, 0.6) is 0 Å². The summed E-state index contributed by atoms with van der Waals surface area (Å²) in [6.07, 6.45) is 11.3. The van der Waals surface area contributed by atoms with Crippen molar-refractivity contribution in [2.75, 3.05) is 19.6 Å². The second kappa shape index (κ2) is 8.38. The molecule has 2 rings (SSSR count). The van der Waals surface area contributed by atoms with E-state index in [1.165, 1.54) is 64.5 Å². The van der Waals surface area contributed by atoms with Crippen LogP contribution in [-0.2, 0) is 0 Å². The molecule has 0 heterocycles. The summed E-state index contributed by atoms with van der Waals surface area (Å²) in [4.78, 5) is 2.83. The number of nitrogens with zero attached hydrogens (tertiary/aromatic N) is 1. The molecule has 2 saturated carbocycles. The fourth-order valence-electron chi connectivity index (χ4n) is 3.99. The fourth-order valence-corrected chi connectivity index (χ4v) is 3.99. The Labute approximate surface area is 126 Å². The van der Waals surface area contributed by atoms with E-state index in [-0.39, 0.29) is 0 Å². The zero-order valence-corrected chi connectivity index (χ0v) is 14.0. The van der Waals surface area contributed by atoms with Gasteiger partial charge < -0.3 is 10.2 Å². The molecule has 118 valence electrons. The van der Waals surface area contributed by atoms with Crippen LogP contribution in [0.25, 0.3) is 0 Å². The third kappa shape index (κ3) is 4.73. The summed E-state index contributed by atoms with van der Waals surface area (Å²) in [5.41, 5.74) is 0. The molecule has 0 bridgehead atoms. The molecule has 0 aromatic heterocycles. The Morgan fingerprint density at radius 2 is 1.85 bits per heavy atom. The van der Waals surface area contributed by atoms with E-state index < -0.39 is 0 Å². The van der Waals surface area contributed by atoms with Gasteiger partial charge in [0.15, 0.2) is 0 Å². The third-order valence-electron chi connectivity index (χ3n) is 5.47. The lowest BCUT2D eigenvalue weighted by atomic mass is 9.76. The number of rotatable bonds is 9. The lowest BCUT2D eigenvalue weighted by Crippen LogP contribution is -2.46. The molecular weight excluding hydrogens is 244 g/mol. The van der Waals surface area contributed by atoms with Crippen molar-refractivity contribution in [3.63, 3.8) is 0 Å². The van der Waals surface area contributed by atoms with Crippen LogP contribution in [0.4, 0.5) is 0 Å². The molecule has 1 N–H and O–H groups in total. The highest BCUT2D eigenvalue weighted by Crippen LogP contribution is 2.35. The minimum Gasteiger partial charge on any atom is -0.314 e. The maximum absolute atomic E-state index is 3.77. The Hall–Kier alpha value is -0.0800. The van der Waals surface area contributed by atoms with E-state index in [1.807, 2.05) is 0 Å². The van der Waals surface area contributed by atoms with Gasteiger partial charge in [-0.25, -0.2) is 0 Å². The van der Waals surface area contributed by atoms with Gasteiger partial charge in [-0.3, -0.25) is 0 Å². The van der Waals surface area contributed by atoms with E-state index in [0.29, 0.717) is 0 Å². The van der Waals surface area contributed by atoms with Gasteiger partial charge in [-0.05, 0) is 63.5 Å². The molecule has 0 amide bonds. The molecule has 2 aliphatic carbocycles. The summed E-state index contributed by atoms with van der Waals surface area (Å²) in [6, 6.07) is 1.72. The fraction of sp³-hybridized carbons (Fsp3) is 1.00.